The zero-order valence-corrected chi connectivity index (χ0v) is 12.5. The molecule has 1 amide bonds. The number of pyridine rings is 1. The fraction of sp³-hybridized carbons (Fsp3) is 0.500. The monoisotopic (exact) mass is 292 g/mol. The van der Waals surface area contributed by atoms with E-state index in [-0.39, 0.29) is 6.61 Å². The minimum Gasteiger partial charge on any atom is -0.444 e. The maximum absolute atomic E-state index is 11.8. The van der Waals surface area contributed by atoms with E-state index in [1.165, 1.54) is 0 Å². The molecule has 2 aromatic heterocycles. The van der Waals surface area contributed by atoms with E-state index in [4.69, 9.17) is 9.84 Å². The minimum atomic E-state index is -0.545. The first kappa shape index (κ1) is 15.2. The standard InChI is InChI=1S/C14H20N4O3/c1-14(2,3)21-13(20)15-10-6-7-12-17-16-11(5-4-8-19)18(12)9-10/h6-7,9,19H,4-5,8H2,1-3H3,(H,15,20). The van der Waals surface area contributed by atoms with Gasteiger partial charge in [-0.3, -0.25) is 9.72 Å². The number of aromatic nitrogens is 3. The molecular formula is C14H20N4O3. The Kier molecular flexibility index (Phi) is 4.42. The topological polar surface area (TPSA) is 88.8 Å². The average Bonchev–Trinajstić information content (AvgIpc) is 2.76. The van der Waals surface area contributed by atoms with Gasteiger partial charge in [0.1, 0.15) is 11.4 Å². The largest absolute Gasteiger partial charge is 0.444 e. The van der Waals surface area contributed by atoms with Crippen molar-refractivity contribution in [3.8, 4) is 0 Å². The van der Waals surface area contributed by atoms with Gasteiger partial charge in [0.05, 0.1) is 5.69 Å². The lowest BCUT2D eigenvalue weighted by molar-refractivity contribution is 0.0636. The second-order valence-electron chi connectivity index (χ2n) is 5.72. The molecule has 2 N–H and O–H groups in total. The van der Waals surface area contributed by atoms with Crippen LogP contribution in [0.4, 0.5) is 10.5 Å². The van der Waals surface area contributed by atoms with Crippen LogP contribution in [0.1, 0.15) is 33.0 Å². The van der Waals surface area contributed by atoms with Crippen molar-refractivity contribution in [1.82, 2.24) is 14.6 Å². The summed E-state index contributed by atoms with van der Waals surface area (Å²) in [6, 6.07) is 3.51. The molecule has 114 valence electrons. The van der Waals surface area contributed by atoms with E-state index >= 15 is 0 Å². The third-order valence-corrected chi connectivity index (χ3v) is 2.68. The molecule has 2 heterocycles. The average molecular weight is 292 g/mol. The maximum Gasteiger partial charge on any atom is 0.412 e. The molecule has 2 aromatic rings. The van der Waals surface area contributed by atoms with Crippen molar-refractivity contribution in [3.05, 3.63) is 24.2 Å². The summed E-state index contributed by atoms with van der Waals surface area (Å²) >= 11 is 0. The first-order chi connectivity index (χ1) is 9.89. The van der Waals surface area contributed by atoms with Crippen LogP contribution in [0.15, 0.2) is 18.3 Å². The lowest BCUT2D eigenvalue weighted by Crippen LogP contribution is -2.27. The normalized spacial score (nSPS) is 11.6. The van der Waals surface area contributed by atoms with Crippen molar-refractivity contribution in [2.45, 2.75) is 39.2 Å². The maximum atomic E-state index is 11.8. The third kappa shape index (κ3) is 4.16. The number of carbonyl (C=O) groups excluding carboxylic acids is 1. The van der Waals surface area contributed by atoms with Crippen LogP contribution in [-0.2, 0) is 11.2 Å². The summed E-state index contributed by atoms with van der Waals surface area (Å²) in [6.45, 7) is 5.53. The molecule has 0 unspecified atom stereocenters. The molecule has 0 radical (unpaired) electrons. The number of ether oxygens (including phenoxy) is 1. The summed E-state index contributed by atoms with van der Waals surface area (Å²) in [4.78, 5) is 11.8. The van der Waals surface area contributed by atoms with E-state index in [1.54, 1.807) is 22.7 Å². The fourth-order valence-electron chi connectivity index (χ4n) is 1.84. The van der Waals surface area contributed by atoms with Crippen LogP contribution < -0.4 is 5.32 Å². The highest BCUT2D eigenvalue weighted by Gasteiger charge is 2.16. The van der Waals surface area contributed by atoms with Crippen molar-refractivity contribution >= 4 is 17.4 Å². The molecule has 7 heteroatoms. The van der Waals surface area contributed by atoms with E-state index in [0.717, 1.165) is 5.82 Å². The van der Waals surface area contributed by atoms with Crippen LogP contribution in [0.2, 0.25) is 0 Å². The van der Waals surface area contributed by atoms with Crippen molar-refractivity contribution in [2.75, 3.05) is 11.9 Å². The summed E-state index contributed by atoms with van der Waals surface area (Å²) < 4.78 is 7.00. The molecule has 0 aliphatic heterocycles. The van der Waals surface area contributed by atoms with Crippen LogP contribution in [-0.4, -0.2) is 38.0 Å². The van der Waals surface area contributed by atoms with E-state index in [0.29, 0.717) is 24.2 Å². The van der Waals surface area contributed by atoms with Crippen LogP contribution >= 0.6 is 0 Å². The highest BCUT2D eigenvalue weighted by molar-refractivity contribution is 5.84. The van der Waals surface area contributed by atoms with E-state index in [9.17, 15) is 4.79 Å². The van der Waals surface area contributed by atoms with Crippen LogP contribution in [0.3, 0.4) is 0 Å². The molecule has 2 rings (SSSR count). The summed E-state index contributed by atoms with van der Waals surface area (Å²) in [6.07, 6.45) is 2.47. The molecule has 0 spiro atoms. The van der Waals surface area contributed by atoms with Gasteiger partial charge in [0, 0.05) is 19.2 Å². The van der Waals surface area contributed by atoms with Gasteiger partial charge in [0.25, 0.3) is 0 Å². The molecule has 0 saturated heterocycles. The summed E-state index contributed by atoms with van der Waals surface area (Å²) in [5, 5.41) is 19.7. The van der Waals surface area contributed by atoms with Gasteiger partial charge in [-0.15, -0.1) is 10.2 Å². The van der Waals surface area contributed by atoms with Crippen molar-refractivity contribution < 1.29 is 14.6 Å². The number of rotatable bonds is 4. The molecule has 0 fully saturated rings. The Morgan fingerprint density at radius 2 is 2.14 bits per heavy atom. The van der Waals surface area contributed by atoms with Gasteiger partial charge in [-0.25, -0.2) is 4.79 Å². The fourth-order valence-corrected chi connectivity index (χ4v) is 1.84. The molecule has 0 bridgehead atoms. The summed E-state index contributed by atoms with van der Waals surface area (Å²) in [5.74, 6) is 0.742. The van der Waals surface area contributed by atoms with Crippen molar-refractivity contribution in [3.63, 3.8) is 0 Å². The molecular weight excluding hydrogens is 272 g/mol. The molecule has 0 aliphatic rings. The van der Waals surface area contributed by atoms with Gasteiger partial charge in [-0.2, -0.15) is 0 Å². The van der Waals surface area contributed by atoms with E-state index < -0.39 is 11.7 Å². The van der Waals surface area contributed by atoms with Gasteiger partial charge >= 0.3 is 6.09 Å². The Morgan fingerprint density at radius 1 is 1.38 bits per heavy atom. The SMILES string of the molecule is CC(C)(C)OC(=O)Nc1ccc2nnc(CCCO)n2c1. The number of nitrogens with one attached hydrogen (secondary N) is 1. The second kappa shape index (κ2) is 6.09. The van der Waals surface area contributed by atoms with Crippen molar-refractivity contribution in [1.29, 1.82) is 0 Å². The van der Waals surface area contributed by atoms with E-state index in [2.05, 4.69) is 15.5 Å². The van der Waals surface area contributed by atoms with Gasteiger partial charge < -0.3 is 9.84 Å². The molecule has 7 nitrogen and oxygen atoms in total. The molecule has 0 aromatic carbocycles. The second-order valence-corrected chi connectivity index (χ2v) is 5.72. The predicted octanol–water partition coefficient (Wildman–Crippen LogP) is 2.00. The van der Waals surface area contributed by atoms with Gasteiger partial charge in [0.15, 0.2) is 5.65 Å². The highest BCUT2D eigenvalue weighted by Crippen LogP contribution is 2.14. The number of amides is 1. The van der Waals surface area contributed by atoms with E-state index in [1.807, 2.05) is 20.8 Å². The number of carbonyl (C=O) groups is 1. The van der Waals surface area contributed by atoms with Crippen LogP contribution in [0, 0.1) is 0 Å². The summed E-state index contributed by atoms with van der Waals surface area (Å²) in [7, 11) is 0. The predicted molar refractivity (Wildman–Crippen MR) is 78.3 cm³/mol. The molecule has 21 heavy (non-hydrogen) atoms. The van der Waals surface area contributed by atoms with Crippen LogP contribution in [0.5, 0.6) is 0 Å². The lowest BCUT2D eigenvalue weighted by atomic mass is 10.2. The Labute approximate surface area is 122 Å². The molecule has 0 saturated carbocycles. The number of aliphatic hydroxyl groups is 1. The zero-order chi connectivity index (χ0) is 15.5. The van der Waals surface area contributed by atoms with Crippen molar-refractivity contribution in [2.24, 2.45) is 0 Å². The minimum absolute atomic E-state index is 0.102. The Bertz CT molecular complexity index is 631. The Balaban J connectivity index is 2.15. The number of nitrogens with zero attached hydrogens (tertiary/aromatic N) is 3. The third-order valence-electron chi connectivity index (χ3n) is 2.68. The molecule has 0 atom stereocenters. The first-order valence-corrected chi connectivity index (χ1v) is 6.83. The quantitative estimate of drug-likeness (QED) is 0.899. The smallest absolute Gasteiger partial charge is 0.412 e. The van der Waals surface area contributed by atoms with Crippen LogP contribution in [0.25, 0.3) is 5.65 Å². The number of aryl methyl sites for hydroxylation is 1. The number of anilines is 1. The number of hydrogen-bond donors (Lipinski definition) is 2. The Hall–Kier alpha value is -2.15. The number of hydrogen-bond acceptors (Lipinski definition) is 5. The molecule has 0 aliphatic carbocycles. The summed E-state index contributed by atoms with van der Waals surface area (Å²) in [5.41, 5.74) is 0.747. The number of aliphatic hydroxyl groups excluding tert-OH is 1. The van der Waals surface area contributed by atoms with Gasteiger partial charge in [-0.05, 0) is 39.3 Å². The zero-order valence-electron chi connectivity index (χ0n) is 12.5. The van der Waals surface area contributed by atoms with Gasteiger partial charge in [-0.1, -0.05) is 0 Å². The Morgan fingerprint density at radius 3 is 2.81 bits per heavy atom. The highest BCUT2D eigenvalue weighted by atomic mass is 16.6. The number of fused-ring (bicyclic) bond motifs is 1. The first-order valence-electron chi connectivity index (χ1n) is 6.83. The lowest BCUT2D eigenvalue weighted by Gasteiger charge is -2.19. The van der Waals surface area contributed by atoms with Gasteiger partial charge in [0.2, 0.25) is 0 Å².